The zero-order valence-corrected chi connectivity index (χ0v) is 20.1. The fourth-order valence-corrected chi connectivity index (χ4v) is 4.60. The van der Waals surface area contributed by atoms with E-state index in [1.54, 1.807) is 15.9 Å². The van der Waals surface area contributed by atoms with Gasteiger partial charge in [-0.25, -0.2) is 23.5 Å². The van der Waals surface area contributed by atoms with Crippen LogP contribution in [-0.4, -0.2) is 69.5 Å². The van der Waals surface area contributed by atoms with Crippen LogP contribution in [0, 0.1) is 11.6 Å². The van der Waals surface area contributed by atoms with Crippen molar-refractivity contribution < 1.29 is 23.8 Å². The number of nitrogens with zero attached hydrogens (tertiary/aromatic N) is 4. The van der Waals surface area contributed by atoms with E-state index in [4.69, 9.17) is 5.11 Å². The van der Waals surface area contributed by atoms with Crippen molar-refractivity contribution in [1.29, 1.82) is 0 Å². The highest BCUT2D eigenvalue weighted by molar-refractivity contribution is 7.22. The molecule has 3 heterocycles. The Morgan fingerprint density at radius 3 is 2.74 bits per heavy atom. The van der Waals surface area contributed by atoms with Crippen molar-refractivity contribution in [2.24, 2.45) is 0 Å². The second kappa shape index (κ2) is 11.5. The number of hydrogen-bond donors (Lipinski definition) is 3. The van der Waals surface area contributed by atoms with Gasteiger partial charge in [0.25, 0.3) is 0 Å². The number of aliphatic hydroxyl groups excluding tert-OH is 2. The third kappa shape index (κ3) is 5.96. The molecule has 3 N–H and O–H groups in total. The van der Waals surface area contributed by atoms with Gasteiger partial charge in [-0.1, -0.05) is 25.2 Å². The molecule has 0 radical (unpaired) electrons. The molecule has 11 heteroatoms. The van der Waals surface area contributed by atoms with E-state index in [2.05, 4.69) is 15.3 Å². The number of carbonyl (C=O) groups excluding carboxylic acids is 1. The molecule has 184 valence electrons. The first-order valence-electron chi connectivity index (χ1n) is 11.2. The van der Waals surface area contributed by atoms with E-state index in [1.165, 1.54) is 35.7 Å². The molecule has 3 aromatic rings. The quantitative estimate of drug-likeness (QED) is 0.502. The van der Waals surface area contributed by atoms with Gasteiger partial charge < -0.3 is 20.0 Å². The number of hydrogen-bond acceptors (Lipinski definition) is 7. The Bertz CT molecular complexity index is 1130. The first kappa shape index (κ1) is 25.7. The zero-order chi connectivity index (χ0) is 24.8. The number of aliphatic hydroxyl groups is 2. The van der Waals surface area contributed by atoms with Crippen LogP contribution in [-0.2, 0) is 6.42 Å². The van der Waals surface area contributed by atoms with E-state index in [-0.39, 0.29) is 30.1 Å². The first-order valence-corrected chi connectivity index (χ1v) is 12.0. The van der Waals surface area contributed by atoms with Crippen LogP contribution in [0.25, 0.3) is 10.2 Å². The van der Waals surface area contributed by atoms with E-state index < -0.39 is 18.5 Å². The highest BCUT2D eigenvalue weighted by Crippen LogP contribution is 2.27. The summed E-state index contributed by atoms with van der Waals surface area (Å²) in [6.07, 6.45) is 0.638. The molecule has 0 spiro atoms. The number of amides is 2. The van der Waals surface area contributed by atoms with Crippen molar-refractivity contribution >= 4 is 38.5 Å². The summed E-state index contributed by atoms with van der Waals surface area (Å²) in [5.41, 5.74) is 1.11. The number of piperazine rings is 1. The highest BCUT2D eigenvalue weighted by Gasteiger charge is 2.30. The summed E-state index contributed by atoms with van der Waals surface area (Å²) in [6, 6.07) is 5.03. The number of benzene rings is 1. The maximum atomic E-state index is 14.6. The predicted molar refractivity (Wildman–Crippen MR) is 129 cm³/mol. The van der Waals surface area contributed by atoms with Crippen LogP contribution in [0.5, 0.6) is 0 Å². The molecule has 2 amide bonds. The number of urea groups is 1. The highest BCUT2D eigenvalue weighted by atomic mass is 32.1. The lowest BCUT2D eigenvalue weighted by Crippen LogP contribution is -2.55. The first-order chi connectivity index (χ1) is 16.3. The third-order valence-corrected chi connectivity index (χ3v) is 6.25. The number of nitrogens with one attached hydrogen (secondary N) is 1. The summed E-state index contributed by atoms with van der Waals surface area (Å²) < 4.78 is 28.6. The van der Waals surface area contributed by atoms with Gasteiger partial charge in [0.1, 0.15) is 5.82 Å². The molecule has 8 nitrogen and oxygen atoms in total. The Kier molecular flexibility index (Phi) is 8.70. The van der Waals surface area contributed by atoms with Crippen LogP contribution >= 0.6 is 11.3 Å². The SMILES string of the molecule is CC.C[C@H]1CN(c2ncc(C[C@H](O)CO)cc2F)CCN1C(=O)Nc1nc2ccc(F)cc2s1. The summed E-state index contributed by atoms with van der Waals surface area (Å²) in [5, 5.41) is 21.6. The van der Waals surface area contributed by atoms with Gasteiger partial charge in [0.15, 0.2) is 16.8 Å². The molecular weight excluding hydrogens is 464 g/mol. The number of anilines is 2. The Labute approximate surface area is 200 Å². The van der Waals surface area contributed by atoms with Crippen LogP contribution in [0.3, 0.4) is 0 Å². The Morgan fingerprint density at radius 1 is 1.29 bits per heavy atom. The maximum Gasteiger partial charge on any atom is 0.324 e. The number of rotatable bonds is 5. The largest absolute Gasteiger partial charge is 0.394 e. The van der Waals surface area contributed by atoms with Crippen LogP contribution in [0.2, 0.25) is 0 Å². The number of carbonyl (C=O) groups is 1. The zero-order valence-electron chi connectivity index (χ0n) is 19.3. The Hall–Kier alpha value is -2.89. The molecule has 1 aliphatic heterocycles. The summed E-state index contributed by atoms with van der Waals surface area (Å²) in [4.78, 5) is 24.7. The molecule has 1 fully saturated rings. The molecule has 1 aromatic carbocycles. The van der Waals surface area contributed by atoms with Gasteiger partial charge in [0, 0.05) is 38.3 Å². The Balaban J connectivity index is 0.00000158. The van der Waals surface area contributed by atoms with Crippen molar-refractivity contribution in [1.82, 2.24) is 14.9 Å². The molecule has 1 aliphatic rings. The lowest BCUT2D eigenvalue weighted by molar-refractivity contribution is 0.0954. The minimum absolute atomic E-state index is 0.115. The topological polar surface area (TPSA) is 102 Å². The number of fused-ring (bicyclic) bond motifs is 1. The van der Waals surface area contributed by atoms with Crippen molar-refractivity contribution in [2.45, 2.75) is 39.3 Å². The van der Waals surface area contributed by atoms with Crippen molar-refractivity contribution in [2.75, 3.05) is 36.5 Å². The van der Waals surface area contributed by atoms with Gasteiger partial charge in [-0.15, -0.1) is 0 Å². The molecule has 4 rings (SSSR count). The van der Waals surface area contributed by atoms with E-state index >= 15 is 0 Å². The van der Waals surface area contributed by atoms with Gasteiger partial charge in [-0.3, -0.25) is 5.32 Å². The third-order valence-electron chi connectivity index (χ3n) is 5.31. The van der Waals surface area contributed by atoms with Gasteiger partial charge in [0.05, 0.1) is 22.9 Å². The van der Waals surface area contributed by atoms with E-state index in [0.29, 0.717) is 40.5 Å². The number of thiazole rings is 1. The van der Waals surface area contributed by atoms with Crippen molar-refractivity contribution in [3.05, 3.63) is 47.7 Å². The monoisotopic (exact) mass is 493 g/mol. The summed E-state index contributed by atoms with van der Waals surface area (Å²) in [7, 11) is 0. The lowest BCUT2D eigenvalue weighted by atomic mass is 10.1. The van der Waals surface area contributed by atoms with E-state index in [9.17, 15) is 18.7 Å². The second-order valence-corrected chi connectivity index (χ2v) is 8.77. The average molecular weight is 494 g/mol. The van der Waals surface area contributed by atoms with E-state index in [1.807, 2.05) is 20.8 Å². The minimum atomic E-state index is -0.960. The van der Waals surface area contributed by atoms with Gasteiger partial charge in [0.2, 0.25) is 0 Å². The fraction of sp³-hybridized carbons (Fsp3) is 0.435. The van der Waals surface area contributed by atoms with Gasteiger partial charge in [-0.2, -0.15) is 0 Å². The molecule has 1 saturated heterocycles. The van der Waals surface area contributed by atoms with Gasteiger partial charge in [-0.05, 0) is 36.8 Å². The molecule has 2 aromatic heterocycles. The van der Waals surface area contributed by atoms with Crippen LogP contribution in [0.4, 0.5) is 24.5 Å². The summed E-state index contributed by atoms with van der Waals surface area (Å²) >= 11 is 1.20. The van der Waals surface area contributed by atoms with Gasteiger partial charge >= 0.3 is 6.03 Å². The second-order valence-electron chi connectivity index (χ2n) is 7.74. The molecular formula is C23H29F2N5O3S. The lowest BCUT2D eigenvalue weighted by Gasteiger charge is -2.40. The molecule has 0 aliphatic carbocycles. The fourth-order valence-electron chi connectivity index (χ4n) is 3.72. The van der Waals surface area contributed by atoms with E-state index in [0.717, 1.165) is 0 Å². The molecule has 0 saturated carbocycles. The normalized spacial score (nSPS) is 16.7. The minimum Gasteiger partial charge on any atom is -0.394 e. The van der Waals surface area contributed by atoms with Crippen molar-refractivity contribution in [3.63, 3.8) is 0 Å². The smallest absolute Gasteiger partial charge is 0.324 e. The van der Waals surface area contributed by atoms with Crippen LogP contribution in [0.1, 0.15) is 26.3 Å². The molecule has 34 heavy (non-hydrogen) atoms. The predicted octanol–water partition coefficient (Wildman–Crippen LogP) is 3.63. The maximum absolute atomic E-state index is 14.6. The number of aromatic nitrogens is 2. The number of pyridine rings is 1. The summed E-state index contributed by atoms with van der Waals surface area (Å²) in [5.74, 6) is -0.686. The molecule has 0 unspecified atom stereocenters. The van der Waals surface area contributed by atoms with Crippen LogP contribution < -0.4 is 10.2 Å². The Morgan fingerprint density at radius 2 is 2.06 bits per heavy atom. The number of halogens is 2. The standard InChI is InChI=1S/C21H23F2N5O3S.C2H6/c1-12-10-27(19-16(23)7-13(9-24-19)6-15(30)11-29)4-5-28(12)21(31)26-20-25-17-3-2-14(22)8-18(17)32-20;1-2/h2-3,7-9,12,15,29-30H,4-6,10-11H2,1H3,(H,25,26,31);1-2H3/t12-,15-;/m0./s1. The molecule has 2 atom stereocenters. The molecule has 0 bridgehead atoms. The van der Waals surface area contributed by atoms with Crippen LogP contribution in [0.15, 0.2) is 30.5 Å². The average Bonchev–Trinajstić information content (AvgIpc) is 3.21. The van der Waals surface area contributed by atoms with Crippen molar-refractivity contribution in [3.8, 4) is 0 Å². The summed E-state index contributed by atoms with van der Waals surface area (Å²) in [6.45, 7) is 6.60.